The van der Waals surface area contributed by atoms with Crippen molar-refractivity contribution in [1.82, 2.24) is 20.4 Å². The topological polar surface area (TPSA) is 116 Å². The van der Waals surface area contributed by atoms with Gasteiger partial charge in [0, 0.05) is 5.54 Å². The smallest absolute Gasteiger partial charge is 0.333 e. The van der Waals surface area contributed by atoms with Gasteiger partial charge in [-0.1, -0.05) is 30.3 Å². The zero-order chi connectivity index (χ0) is 20.4. The summed E-state index contributed by atoms with van der Waals surface area (Å²) >= 11 is 0. The molecule has 27 heavy (non-hydrogen) atoms. The van der Waals surface area contributed by atoms with Gasteiger partial charge in [0.05, 0.1) is 6.04 Å². The van der Waals surface area contributed by atoms with Crippen LogP contribution in [0.4, 0.5) is 9.59 Å². The van der Waals surface area contributed by atoms with Gasteiger partial charge in [0.15, 0.2) is 0 Å². The molecule has 1 unspecified atom stereocenters. The molecule has 1 fully saturated rings. The van der Waals surface area contributed by atoms with Crippen molar-refractivity contribution < 1.29 is 24.0 Å². The van der Waals surface area contributed by atoms with Crippen molar-refractivity contribution in [2.45, 2.75) is 39.3 Å². The lowest BCUT2D eigenvalue weighted by atomic mass is 10.1. The first-order valence-corrected chi connectivity index (χ1v) is 8.37. The van der Waals surface area contributed by atoms with E-state index in [4.69, 9.17) is 0 Å². The summed E-state index contributed by atoms with van der Waals surface area (Å²) in [6.45, 7) is 6.07. The molecule has 9 heteroatoms. The number of hydrogen-bond donors (Lipinski definition) is 2. The Bertz CT molecular complexity index is 785. The fraction of sp³-hybridized carbons (Fsp3) is 0.389. The molecular weight excluding hydrogens is 352 g/mol. The number of rotatable bonds is 4. The van der Waals surface area contributed by atoms with Crippen LogP contribution >= 0.6 is 0 Å². The SMILES string of the molecule is CC(c1ccccc1)N1C(=O)C(=O)N(CC(=O)NC(=O)NC(C)(C)C)C1=O. The Kier molecular flexibility index (Phi) is 5.63. The normalized spacial score (nSPS) is 15.8. The van der Waals surface area contributed by atoms with Crippen LogP contribution in [0.15, 0.2) is 30.3 Å². The van der Waals surface area contributed by atoms with Crippen molar-refractivity contribution in [3.63, 3.8) is 0 Å². The molecule has 0 spiro atoms. The quantitative estimate of drug-likeness (QED) is 0.606. The molecule has 1 saturated heterocycles. The minimum absolute atomic E-state index is 0.529. The van der Waals surface area contributed by atoms with Gasteiger partial charge in [-0.3, -0.25) is 19.7 Å². The van der Waals surface area contributed by atoms with E-state index in [1.54, 1.807) is 58.0 Å². The highest BCUT2D eigenvalue weighted by molar-refractivity contribution is 6.45. The largest absolute Gasteiger partial charge is 0.335 e. The van der Waals surface area contributed by atoms with Gasteiger partial charge in [0.2, 0.25) is 5.91 Å². The van der Waals surface area contributed by atoms with Crippen LogP contribution in [-0.4, -0.2) is 51.7 Å². The molecule has 2 rings (SSSR count). The summed E-state index contributed by atoms with van der Waals surface area (Å²) in [5, 5.41) is 4.55. The van der Waals surface area contributed by atoms with Gasteiger partial charge in [-0.05, 0) is 33.3 Å². The number of benzene rings is 1. The molecule has 1 heterocycles. The number of carbonyl (C=O) groups is 5. The molecule has 1 aromatic rings. The summed E-state index contributed by atoms with van der Waals surface area (Å²) in [4.78, 5) is 61.9. The third kappa shape index (κ3) is 4.69. The lowest BCUT2D eigenvalue weighted by Gasteiger charge is -2.22. The average Bonchev–Trinajstić information content (AvgIpc) is 2.77. The van der Waals surface area contributed by atoms with Gasteiger partial charge in [0.1, 0.15) is 6.54 Å². The van der Waals surface area contributed by atoms with Crippen molar-refractivity contribution in [3.05, 3.63) is 35.9 Å². The number of urea groups is 2. The lowest BCUT2D eigenvalue weighted by Crippen LogP contribution is -2.51. The Morgan fingerprint density at radius 1 is 1.04 bits per heavy atom. The van der Waals surface area contributed by atoms with E-state index in [2.05, 4.69) is 5.32 Å². The summed E-state index contributed by atoms with van der Waals surface area (Å²) in [6, 6.07) is 6.40. The molecule has 1 aromatic carbocycles. The Hall–Kier alpha value is -3.23. The Labute approximate surface area is 156 Å². The van der Waals surface area contributed by atoms with Crippen LogP contribution in [0.5, 0.6) is 0 Å². The fourth-order valence-corrected chi connectivity index (χ4v) is 2.57. The lowest BCUT2D eigenvalue weighted by molar-refractivity contribution is -0.144. The van der Waals surface area contributed by atoms with E-state index in [-0.39, 0.29) is 0 Å². The van der Waals surface area contributed by atoms with E-state index >= 15 is 0 Å². The van der Waals surface area contributed by atoms with Crippen LogP contribution in [-0.2, 0) is 14.4 Å². The summed E-state index contributed by atoms with van der Waals surface area (Å²) in [6.07, 6.45) is 0. The summed E-state index contributed by atoms with van der Waals surface area (Å²) in [7, 11) is 0. The van der Waals surface area contributed by atoms with Crippen molar-refractivity contribution in [1.29, 1.82) is 0 Å². The molecule has 9 nitrogen and oxygen atoms in total. The second-order valence-corrected chi connectivity index (χ2v) is 7.19. The van der Waals surface area contributed by atoms with Gasteiger partial charge in [0.25, 0.3) is 0 Å². The molecule has 0 aliphatic carbocycles. The third-order valence-corrected chi connectivity index (χ3v) is 3.80. The summed E-state index contributed by atoms with van der Waals surface area (Å²) in [5.41, 5.74) is 0.101. The second kappa shape index (κ2) is 7.56. The summed E-state index contributed by atoms with van der Waals surface area (Å²) in [5.74, 6) is -2.99. The van der Waals surface area contributed by atoms with Crippen molar-refractivity contribution >= 4 is 29.8 Å². The van der Waals surface area contributed by atoms with Crippen LogP contribution in [0, 0.1) is 0 Å². The van der Waals surface area contributed by atoms with Crippen LogP contribution in [0.25, 0.3) is 0 Å². The predicted molar refractivity (Wildman–Crippen MR) is 95.2 cm³/mol. The van der Waals surface area contributed by atoms with Gasteiger partial charge >= 0.3 is 23.9 Å². The predicted octanol–water partition coefficient (Wildman–Crippen LogP) is 1.16. The van der Waals surface area contributed by atoms with Gasteiger partial charge in [-0.25, -0.2) is 19.4 Å². The first-order valence-electron chi connectivity index (χ1n) is 8.37. The Morgan fingerprint density at radius 3 is 2.19 bits per heavy atom. The number of nitrogens with one attached hydrogen (secondary N) is 2. The van der Waals surface area contributed by atoms with E-state index in [1.807, 2.05) is 5.32 Å². The van der Waals surface area contributed by atoms with Crippen LogP contribution in [0.3, 0.4) is 0 Å². The molecule has 0 aromatic heterocycles. The number of carbonyl (C=O) groups excluding carboxylic acids is 5. The number of amides is 7. The molecule has 144 valence electrons. The minimum atomic E-state index is -1.10. The molecule has 1 aliphatic heterocycles. The molecule has 2 N–H and O–H groups in total. The number of hydrogen-bond acceptors (Lipinski definition) is 5. The van der Waals surface area contributed by atoms with Crippen molar-refractivity contribution in [3.8, 4) is 0 Å². The molecule has 7 amide bonds. The Morgan fingerprint density at radius 2 is 1.63 bits per heavy atom. The fourth-order valence-electron chi connectivity index (χ4n) is 2.57. The maximum absolute atomic E-state index is 12.5. The highest BCUT2D eigenvalue weighted by Crippen LogP contribution is 2.25. The zero-order valence-electron chi connectivity index (χ0n) is 15.6. The summed E-state index contributed by atoms with van der Waals surface area (Å²) < 4.78 is 0. The molecule has 0 radical (unpaired) electrons. The average molecular weight is 374 g/mol. The minimum Gasteiger partial charge on any atom is -0.333 e. The Balaban J connectivity index is 2.07. The maximum Gasteiger partial charge on any atom is 0.335 e. The first-order chi connectivity index (χ1) is 12.5. The number of imide groups is 3. The molecule has 1 atom stereocenters. The van der Waals surface area contributed by atoms with Crippen molar-refractivity contribution in [2.24, 2.45) is 0 Å². The highest BCUT2D eigenvalue weighted by atomic mass is 16.2. The monoisotopic (exact) mass is 374 g/mol. The van der Waals surface area contributed by atoms with Crippen LogP contribution < -0.4 is 10.6 Å². The van der Waals surface area contributed by atoms with Gasteiger partial charge < -0.3 is 5.32 Å². The van der Waals surface area contributed by atoms with E-state index in [9.17, 15) is 24.0 Å². The number of nitrogens with zero attached hydrogens (tertiary/aromatic N) is 2. The first kappa shape index (κ1) is 20.1. The molecular formula is C18H22N4O5. The van der Waals surface area contributed by atoms with Crippen molar-refractivity contribution in [2.75, 3.05) is 6.54 Å². The van der Waals surface area contributed by atoms with E-state index in [0.717, 1.165) is 4.90 Å². The van der Waals surface area contributed by atoms with E-state index in [1.165, 1.54) is 0 Å². The molecule has 0 saturated carbocycles. The standard InChI is InChI=1S/C18H22N4O5/c1-11(12-8-6-5-7-9-12)22-15(25)14(24)21(17(22)27)10-13(23)19-16(26)20-18(2,3)4/h5-9,11H,10H2,1-4H3,(H2,19,20,23,26). The van der Waals surface area contributed by atoms with E-state index in [0.29, 0.717) is 10.5 Å². The van der Waals surface area contributed by atoms with E-state index < -0.39 is 47.9 Å². The van der Waals surface area contributed by atoms with Crippen LogP contribution in [0.1, 0.15) is 39.3 Å². The second-order valence-electron chi connectivity index (χ2n) is 7.19. The van der Waals surface area contributed by atoms with Gasteiger partial charge in [-0.15, -0.1) is 0 Å². The third-order valence-electron chi connectivity index (χ3n) is 3.80. The molecule has 1 aliphatic rings. The zero-order valence-corrected chi connectivity index (χ0v) is 15.6. The maximum atomic E-state index is 12.5. The van der Waals surface area contributed by atoms with Gasteiger partial charge in [-0.2, -0.15) is 0 Å². The highest BCUT2D eigenvalue weighted by Gasteiger charge is 2.47. The molecule has 0 bridgehead atoms. The van der Waals surface area contributed by atoms with Crippen LogP contribution in [0.2, 0.25) is 0 Å².